The van der Waals surface area contributed by atoms with Crippen molar-refractivity contribution in [1.29, 1.82) is 0 Å². The van der Waals surface area contributed by atoms with Crippen LogP contribution >= 0.6 is 11.3 Å². The summed E-state index contributed by atoms with van der Waals surface area (Å²) in [7, 11) is 0. The van der Waals surface area contributed by atoms with E-state index >= 15 is 0 Å². The van der Waals surface area contributed by atoms with Gasteiger partial charge in [-0.25, -0.2) is 9.78 Å². The number of rotatable bonds is 4. The van der Waals surface area contributed by atoms with Crippen LogP contribution in [0.2, 0.25) is 0 Å². The van der Waals surface area contributed by atoms with Crippen LogP contribution in [0, 0.1) is 6.92 Å². The van der Waals surface area contributed by atoms with E-state index in [0.717, 1.165) is 49.0 Å². The third kappa shape index (κ3) is 4.30. The number of carbonyl (C=O) groups excluding carboxylic acids is 1. The molecule has 1 saturated heterocycles. The largest absolute Gasteiger partial charge is 0.331 e. The van der Waals surface area contributed by atoms with E-state index in [1.54, 1.807) is 23.7 Å². The average molecular weight is 345 g/mol. The highest BCUT2D eigenvalue weighted by atomic mass is 32.1. The summed E-state index contributed by atoms with van der Waals surface area (Å²) >= 11 is 1.69. The first-order chi connectivity index (χ1) is 11.6. The molecule has 0 spiro atoms. The zero-order valence-electron chi connectivity index (χ0n) is 14.1. The highest BCUT2D eigenvalue weighted by Gasteiger charge is 2.22. The van der Waals surface area contributed by atoms with Crippen LogP contribution in [0.5, 0.6) is 0 Å². The maximum Gasteiger partial charge on any atom is 0.317 e. The Labute approximate surface area is 146 Å². The van der Waals surface area contributed by atoms with E-state index in [-0.39, 0.29) is 12.1 Å². The van der Waals surface area contributed by atoms with E-state index in [4.69, 9.17) is 0 Å². The molecule has 3 heterocycles. The smallest absolute Gasteiger partial charge is 0.317 e. The third-order valence-electron chi connectivity index (χ3n) is 4.26. The lowest BCUT2D eigenvalue weighted by Crippen LogP contribution is -2.51. The van der Waals surface area contributed by atoms with E-state index in [9.17, 15) is 4.79 Å². The molecule has 24 heavy (non-hydrogen) atoms. The molecule has 7 heteroatoms. The zero-order valence-corrected chi connectivity index (χ0v) is 14.9. The molecule has 2 aromatic rings. The van der Waals surface area contributed by atoms with Crippen molar-refractivity contribution in [3.05, 3.63) is 46.2 Å². The van der Waals surface area contributed by atoms with Crippen molar-refractivity contribution in [2.75, 3.05) is 26.2 Å². The topological polar surface area (TPSA) is 61.4 Å². The van der Waals surface area contributed by atoms with Crippen molar-refractivity contribution in [2.24, 2.45) is 0 Å². The Morgan fingerprint density at radius 2 is 2.00 bits per heavy atom. The molecular formula is C17H23N5OS. The average Bonchev–Trinajstić information content (AvgIpc) is 3.01. The van der Waals surface area contributed by atoms with Gasteiger partial charge in [-0.3, -0.25) is 9.88 Å². The Morgan fingerprint density at radius 1 is 1.29 bits per heavy atom. The monoisotopic (exact) mass is 345 g/mol. The van der Waals surface area contributed by atoms with Crippen LogP contribution in [-0.4, -0.2) is 52.0 Å². The van der Waals surface area contributed by atoms with Gasteiger partial charge in [-0.15, -0.1) is 11.3 Å². The number of amides is 2. The molecule has 0 aromatic carbocycles. The van der Waals surface area contributed by atoms with Crippen molar-refractivity contribution < 1.29 is 4.79 Å². The Balaban J connectivity index is 1.46. The van der Waals surface area contributed by atoms with Gasteiger partial charge in [0.25, 0.3) is 0 Å². The van der Waals surface area contributed by atoms with Gasteiger partial charge in [0.1, 0.15) is 0 Å². The molecule has 1 fully saturated rings. The fourth-order valence-electron chi connectivity index (χ4n) is 2.83. The number of aromatic nitrogens is 2. The summed E-state index contributed by atoms with van der Waals surface area (Å²) in [4.78, 5) is 25.2. The number of carbonyl (C=O) groups is 1. The fourth-order valence-corrected chi connectivity index (χ4v) is 3.43. The molecule has 128 valence electrons. The van der Waals surface area contributed by atoms with Gasteiger partial charge in [-0.1, -0.05) is 0 Å². The number of nitrogens with one attached hydrogen (secondary N) is 1. The number of pyridine rings is 1. The van der Waals surface area contributed by atoms with Gasteiger partial charge in [0.15, 0.2) is 0 Å². The Morgan fingerprint density at radius 3 is 2.62 bits per heavy atom. The Kier molecular flexibility index (Phi) is 5.42. The lowest BCUT2D eigenvalue weighted by molar-refractivity contribution is 0.133. The Bertz CT molecular complexity index is 667. The van der Waals surface area contributed by atoms with Crippen LogP contribution in [0.1, 0.15) is 29.2 Å². The molecule has 0 aliphatic carbocycles. The standard InChI is InChI=1S/C17H23N5OS/c1-13(15-3-5-18-6-4-15)19-17(23)22-9-7-21(8-10-22)11-16-12-24-14(2)20-16/h3-6,12-13H,7-11H2,1-2H3,(H,19,23)/t13-/m0/s1. The summed E-state index contributed by atoms with van der Waals surface area (Å²) in [6, 6.07) is 3.84. The summed E-state index contributed by atoms with van der Waals surface area (Å²) < 4.78 is 0. The first-order valence-corrected chi connectivity index (χ1v) is 9.08. The lowest BCUT2D eigenvalue weighted by atomic mass is 10.1. The van der Waals surface area contributed by atoms with Crippen molar-refractivity contribution in [3.8, 4) is 0 Å². The number of aryl methyl sites for hydroxylation is 1. The second-order valence-electron chi connectivity index (χ2n) is 6.07. The van der Waals surface area contributed by atoms with Crippen LogP contribution < -0.4 is 5.32 Å². The number of piperazine rings is 1. The van der Waals surface area contributed by atoms with E-state index in [1.807, 2.05) is 30.9 Å². The zero-order chi connectivity index (χ0) is 16.9. The molecule has 0 radical (unpaired) electrons. The normalized spacial score (nSPS) is 16.8. The van der Waals surface area contributed by atoms with E-state index in [2.05, 4.69) is 25.6 Å². The van der Waals surface area contributed by atoms with Gasteiger partial charge in [0.2, 0.25) is 0 Å². The molecular weight excluding hydrogens is 322 g/mol. The second-order valence-corrected chi connectivity index (χ2v) is 7.14. The van der Waals surface area contributed by atoms with Crippen LogP contribution in [0.25, 0.3) is 0 Å². The first kappa shape index (κ1) is 16.9. The SMILES string of the molecule is Cc1nc(CN2CCN(C(=O)N[C@@H](C)c3ccncc3)CC2)cs1. The molecule has 0 bridgehead atoms. The molecule has 1 aliphatic heterocycles. The van der Waals surface area contributed by atoms with Crippen LogP contribution in [0.15, 0.2) is 29.9 Å². The van der Waals surface area contributed by atoms with Gasteiger partial charge in [-0.05, 0) is 31.5 Å². The molecule has 3 rings (SSSR count). The maximum absolute atomic E-state index is 12.4. The predicted octanol–water partition coefficient (Wildman–Crippen LogP) is 2.43. The van der Waals surface area contributed by atoms with Gasteiger partial charge < -0.3 is 10.2 Å². The van der Waals surface area contributed by atoms with Gasteiger partial charge in [-0.2, -0.15) is 0 Å². The van der Waals surface area contributed by atoms with Crippen LogP contribution in [0.3, 0.4) is 0 Å². The van der Waals surface area contributed by atoms with Crippen molar-refractivity contribution in [3.63, 3.8) is 0 Å². The predicted molar refractivity (Wildman–Crippen MR) is 94.9 cm³/mol. The number of hydrogen-bond acceptors (Lipinski definition) is 5. The lowest BCUT2D eigenvalue weighted by Gasteiger charge is -2.35. The minimum atomic E-state index is -0.0171. The van der Waals surface area contributed by atoms with E-state index in [1.165, 1.54) is 0 Å². The van der Waals surface area contributed by atoms with Crippen molar-refractivity contribution in [2.45, 2.75) is 26.4 Å². The minimum Gasteiger partial charge on any atom is -0.331 e. The highest BCUT2D eigenvalue weighted by molar-refractivity contribution is 7.09. The number of thiazole rings is 1. The molecule has 1 N–H and O–H groups in total. The summed E-state index contributed by atoms with van der Waals surface area (Å²) in [5, 5.41) is 6.28. The first-order valence-electron chi connectivity index (χ1n) is 8.20. The summed E-state index contributed by atoms with van der Waals surface area (Å²) in [6.45, 7) is 8.15. The van der Waals surface area contributed by atoms with Gasteiger partial charge in [0, 0.05) is 50.5 Å². The fraction of sp³-hybridized carbons (Fsp3) is 0.471. The third-order valence-corrected chi connectivity index (χ3v) is 5.08. The van der Waals surface area contributed by atoms with E-state index in [0.29, 0.717) is 0 Å². The van der Waals surface area contributed by atoms with Crippen molar-refractivity contribution >= 4 is 17.4 Å². The molecule has 2 amide bonds. The summed E-state index contributed by atoms with van der Waals surface area (Å²) in [5.41, 5.74) is 2.19. The molecule has 0 saturated carbocycles. The Hall–Kier alpha value is -1.99. The maximum atomic E-state index is 12.4. The minimum absolute atomic E-state index is 0.00321. The summed E-state index contributed by atoms with van der Waals surface area (Å²) in [6.07, 6.45) is 3.49. The van der Waals surface area contributed by atoms with Crippen LogP contribution in [0.4, 0.5) is 4.79 Å². The number of urea groups is 1. The molecule has 1 aliphatic rings. The highest BCUT2D eigenvalue weighted by Crippen LogP contribution is 2.14. The quantitative estimate of drug-likeness (QED) is 0.924. The number of nitrogens with zero attached hydrogens (tertiary/aromatic N) is 4. The molecule has 2 aromatic heterocycles. The van der Waals surface area contributed by atoms with Gasteiger partial charge >= 0.3 is 6.03 Å². The molecule has 1 atom stereocenters. The second kappa shape index (κ2) is 7.72. The van der Waals surface area contributed by atoms with Gasteiger partial charge in [0.05, 0.1) is 16.7 Å². The number of hydrogen-bond donors (Lipinski definition) is 1. The summed E-state index contributed by atoms with van der Waals surface area (Å²) in [5.74, 6) is 0. The molecule has 6 nitrogen and oxygen atoms in total. The van der Waals surface area contributed by atoms with Crippen molar-refractivity contribution in [1.82, 2.24) is 25.1 Å². The van der Waals surface area contributed by atoms with E-state index < -0.39 is 0 Å². The molecule has 0 unspecified atom stereocenters. The van der Waals surface area contributed by atoms with Crippen LogP contribution in [-0.2, 0) is 6.54 Å².